The molecule has 6 nitrogen and oxygen atoms in total. The van der Waals surface area contributed by atoms with Crippen LogP contribution in [-0.2, 0) is 9.84 Å². The molecule has 1 aromatic rings. The summed E-state index contributed by atoms with van der Waals surface area (Å²) >= 11 is 0. The molecule has 1 fully saturated rings. The number of nitrogens with one attached hydrogen (secondary N) is 1. The number of anilines is 1. The minimum Gasteiger partial charge on any atom is -0.377 e. The maximum atomic E-state index is 13.1. The number of hydrogen-bond acceptors (Lipinski definition) is 5. The van der Waals surface area contributed by atoms with E-state index in [1.54, 1.807) is 0 Å². The molecule has 1 saturated heterocycles. The normalized spacial score (nSPS) is 19.0. The minimum absolute atomic E-state index is 0.0494. The molecule has 104 valence electrons. The van der Waals surface area contributed by atoms with Crippen molar-refractivity contribution in [2.75, 3.05) is 16.8 Å². The molecule has 0 radical (unpaired) electrons. The molecule has 8 heteroatoms. The van der Waals surface area contributed by atoms with E-state index in [9.17, 15) is 22.9 Å². The Kier molecular flexibility index (Phi) is 3.70. The van der Waals surface area contributed by atoms with Crippen molar-refractivity contribution in [3.63, 3.8) is 0 Å². The standard InChI is InChI=1S/C11H13FN2O4S/c12-8-1-2-11(14(15)16)10(7-8)13-9-3-5-19(17,18)6-4-9/h1-2,7,9,13H,3-6H2. The van der Waals surface area contributed by atoms with Gasteiger partial charge in [0.25, 0.3) is 5.69 Å². The Balaban J connectivity index is 2.15. The lowest BCUT2D eigenvalue weighted by atomic mass is 10.1. The maximum Gasteiger partial charge on any atom is 0.292 e. The van der Waals surface area contributed by atoms with E-state index in [4.69, 9.17) is 0 Å². The van der Waals surface area contributed by atoms with Crippen LogP contribution in [0.5, 0.6) is 0 Å². The SMILES string of the molecule is O=[N+]([O-])c1ccc(F)cc1NC1CCS(=O)(=O)CC1. The molecule has 1 aromatic carbocycles. The first-order valence-corrected chi connectivity index (χ1v) is 7.60. The molecular formula is C11H13FN2O4S. The first-order chi connectivity index (χ1) is 8.87. The van der Waals surface area contributed by atoms with Gasteiger partial charge in [0.05, 0.1) is 16.4 Å². The van der Waals surface area contributed by atoms with Crippen molar-refractivity contribution >= 4 is 21.2 Å². The van der Waals surface area contributed by atoms with Crippen LogP contribution >= 0.6 is 0 Å². The van der Waals surface area contributed by atoms with Crippen molar-refractivity contribution in [3.05, 3.63) is 34.1 Å². The molecular weight excluding hydrogens is 275 g/mol. The summed E-state index contributed by atoms with van der Waals surface area (Å²) in [5.41, 5.74) is -0.121. The Morgan fingerprint density at radius 2 is 1.95 bits per heavy atom. The smallest absolute Gasteiger partial charge is 0.292 e. The Morgan fingerprint density at radius 1 is 1.32 bits per heavy atom. The van der Waals surface area contributed by atoms with Gasteiger partial charge in [-0.2, -0.15) is 0 Å². The molecule has 1 aliphatic heterocycles. The highest BCUT2D eigenvalue weighted by atomic mass is 32.2. The fourth-order valence-corrected chi connectivity index (χ4v) is 3.53. The lowest BCUT2D eigenvalue weighted by Crippen LogP contribution is -2.32. The molecule has 1 N–H and O–H groups in total. The Hall–Kier alpha value is -1.70. The fourth-order valence-electron chi connectivity index (χ4n) is 2.04. The highest BCUT2D eigenvalue weighted by Crippen LogP contribution is 2.27. The van der Waals surface area contributed by atoms with E-state index in [1.165, 1.54) is 0 Å². The third-order valence-corrected chi connectivity index (χ3v) is 4.78. The van der Waals surface area contributed by atoms with Crippen molar-refractivity contribution in [2.45, 2.75) is 18.9 Å². The number of benzene rings is 1. The van der Waals surface area contributed by atoms with E-state index in [0.717, 1.165) is 18.2 Å². The van der Waals surface area contributed by atoms with Crippen LogP contribution in [0.25, 0.3) is 0 Å². The van der Waals surface area contributed by atoms with E-state index in [1.807, 2.05) is 0 Å². The summed E-state index contributed by atoms with van der Waals surface area (Å²) in [6.45, 7) is 0. The number of nitro groups is 1. The van der Waals surface area contributed by atoms with Crippen molar-refractivity contribution < 1.29 is 17.7 Å². The second-order valence-corrected chi connectivity index (χ2v) is 6.79. The van der Waals surface area contributed by atoms with Crippen LogP contribution < -0.4 is 5.32 Å². The quantitative estimate of drug-likeness (QED) is 0.675. The maximum absolute atomic E-state index is 13.1. The van der Waals surface area contributed by atoms with Gasteiger partial charge in [-0.15, -0.1) is 0 Å². The van der Waals surface area contributed by atoms with Crippen LogP contribution in [0.4, 0.5) is 15.8 Å². The van der Waals surface area contributed by atoms with Crippen LogP contribution in [0.15, 0.2) is 18.2 Å². The Bertz CT molecular complexity index is 589. The van der Waals surface area contributed by atoms with Crippen LogP contribution in [0, 0.1) is 15.9 Å². The van der Waals surface area contributed by atoms with Gasteiger partial charge in [0.2, 0.25) is 0 Å². The molecule has 0 saturated carbocycles. The summed E-state index contributed by atoms with van der Waals surface area (Å²) in [6.07, 6.45) is 0.742. The number of nitro benzene ring substituents is 1. The molecule has 0 aromatic heterocycles. The third-order valence-electron chi connectivity index (χ3n) is 3.07. The van der Waals surface area contributed by atoms with Crippen LogP contribution in [0.2, 0.25) is 0 Å². The zero-order chi connectivity index (χ0) is 14.0. The molecule has 0 spiro atoms. The van der Waals surface area contributed by atoms with Gasteiger partial charge in [-0.3, -0.25) is 10.1 Å². The highest BCUT2D eigenvalue weighted by molar-refractivity contribution is 7.91. The first kappa shape index (κ1) is 13.7. The van der Waals surface area contributed by atoms with Crippen LogP contribution in [0.1, 0.15) is 12.8 Å². The predicted molar refractivity (Wildman–Crippen MR) is 68.4 cm³/mol. The van der Waals surface area contributed by atoms with E-state index < -0.39 is 20.6 Å². The van der Waals surface area contributed by atoms with Crippen LogP contribution in [-0.4, -0.2) is 30.9 Å². The lowest BCUT2D eigenvalue weighted by molar-refractivity contribution is -0.384. The molecule has 0 unspecified atom stereocenters. The summed E-state index contributed by atoms with van der Waals surface area (Å²) in [6, 6.07) is 2.98. The molecule has 0 amide bonds. The number of rotatable bonds is 3. The Morgan fingerprint density at radius 3 is 2.53 bits per heavy atom. The molecule has 2 rings (SSSR count). The molecule has 1 heterocycles. The summed E-state index contributed by atoms with van der Waals surface area (Å²) in [5.74, 6) is -0.474. The average Bonchev–Trinajstić information content (AvgIpc) is 2.31. The second kappa shape index (κ2) is 5.12. The monoisotopic (exact) mass is 288 g/mol. The van der Waals surface area contributed by atoms with Gasteiger partial charge in [0, 0.05) is 18.2 Å². The van der Waals surface area contributed by atoms with E-state index in [2.05, 4.69) is 5.32 Å². The largest absolute Gasteiger partial charge is 0.377 e. The van der Waals surface area contributed by atoms with E-state index in [0.29, 0.717) is 12.8 Å². The van der Waals surface area contributed by atoms with Gasteiger partial charge < -0.3 is 5.32 Å². The third kappa shape index (κ3) is 3.40. The lowest BCUT2D eigenvalue weighted by Gasteiger charge is -2.23. The molecule has 0 bridgehead atoms. The number of nitrogens with zero attached hydrogens (tertiary/aromatic N) is 1. The number of sulfone groups is 1. The molecule has 0 atom stereocenters. The van der Waals surface area contributed by atoms with Gasteiger partial charge >= 0.3 is 0 Å². The van der Waals surface area contributed by atoms with Gasteiger partial charge in [-0.05, 0) is 18.9 Å². The van der Waals surface area contributed by atoms with Crippen molar-refractivity contribution in [3.8, 4) is 0 Å². The van der Waals surface area contributed by atoms with Gasteiger partial charge in [-0.1, -0.05) is 0 Å². The van der Waals surface area contributed by atoms with Crippen molar-refractivity contribution in [1.82, 2.24) is 0 Å². The molecule has 0 aliphatic carbocycles. The topological polar surface area (TPSA) is 89.3 Å². The second-order valence-electron chi connectivity index (χ2n) is 4.49. The van der Waals surface area contributed by atoms with Gasteiger partial charge in [-0.25, -0.2) is 12.8 Å². The highest BCUT2D eigenvalue weighted by Gasteiger charge is 2.25. The van der Waals surface area contributed by atoms with E-state index in [-0.39, 0.29) is 28.9 Å². The van der Waals surface area contributed by atoms with Gasteiger partial charge in [0.15, 0.2) is 0 Å². The van der Waals surface area contributed by atoms with E-state index >= 15 is 0 Å². The summed E-state index contributed by atoms with van der Waals surface area (Å²) in [7, 11) is -2.99. The fraction of sp³-hybridized carbons (Fsp3) is 0.455. The predicted octanol–water partition coefficient (Wildman–Crippen LogP) is 1.72. The van der Waals surface area contributed by atoms with Crippen molar-refractivity contribution in [2.24, 2.45) is 0 Å². The zero-order valence-corrected chi connectivity index (χ0v) is 10.8. The summed E-state index contributed by atoms with van der Waals surface area (Å²) in [5, 5.41) is 13.7. The first-order valence-electron chi connectivity index (χ1n) is 5.78. The zero-order valence-electron chi connectivity index (χ0n) is 10.0. The average molecular weight is 288 g/mol. The van der Waals surface area contributed by atoms with Crippen molar-refractivity contribution in [1.29, 1.82) is 0 Å². The minimum atomic E-state index is -2.99. The number of halogens is 1. The summed E-state index contributed by atoms with van der Waals surface area (Å²) in [4.78, 5) is 10.2. The van der Waals surface area contributed by atoms with Crippen LogP contribution in [0.3, 0.4) is 0 Å². The van der Waals surface area contributed by atoms with Gasteiger partial charge in [0.1, 0.15) is 21.3 Å². The molecule has 1 aliphatic rings. The number of hydrogen-bond donors (Lipinski definition) is 1. The summed E-state index contributed by atoms with van der Waals surface area (Å²) < 4.78 is 35.7. The Labute approximate surface area is 109 Å². The molecule has 19 heavy (non-hydrogen) atoms.